The first-order valence-corrected chi connectivity index (χ1v) is 7.38. The molecule has 2 unspecified atom stereocenters. The number of hydrogen-bond donors (Lipinski definition) is 1. The fourth-order valence-corrected chi connectivity index (χ4v) is 2.39. The third-order valence-corrected chi connectivity index (χ3v) is 3.97. The summed E-state index contributed by atoms with van der Waals surface area (Å²) in [5.74, 6) is -6.45. The van der Waals surface area contributed by atoms with Crippen molar-refractivity contribution in [1.82, 2.24) is 0 Å². The zero-order chi connectivity index (χ0) is 21.5. The summed E-state index contributed by atoms with van der Waals surface area (Å²) in [5.41, 5.74) is -4.66. The first kappa shape index (κ1) is 21.5. The third-order valence-electron chi connectivity index (χ3n) is 3.97. The number of hydrogen-bond acceptors (Lipinski definition) is 3. The molecule has 2 rings (SSSR count). The standard InChI is InChI=1S/C15H10F8N4O/c1-12(6-10(26-27-12)13(16,17)15(21,22)23)11(28)25-7-3-4-9(24-2)8(5-7)14(18,19)20/h3-5,10H,6H2,1H3,(H,25,28). The number of nitrogens with zero attached hydrogens (tertiary/aromatic N) is 3. The molecule has 1 amide bonds. The van der Waals surface area contributed by atoms with Crippen molar-refractivity contribution in [3.63, 3.8) is 0 Å². The molecule has 1 aliphatic rings. The van der Waals surface area contributed by atoms with Crippen LogP contribution in [0, 0.1) is 6.57 Å². The zero-order valence-corrected chi connectivity index (χ0v) is 13.8. The Morgan fingerprint density at radius 2 is 1.82 bits per heavy atom. The number of alkyl halides is 8. The number of halogens is 8. The van der Waals surface area contributed by atoms with E-state index >= 15 is 0 Å². The van der Waals surface area contributed by atoms with Gasteiger partial charge in [0.2, 0.25) is 0 Å². The molecule has 1 aromatic rings. The minimum Gasteiger partial charge on any atom is -0.324 e. The predicted molar refractivity (Wildman–Crippen MR) is 79.0 cm³/mol. The quantitative estimate of drug-likeness (QED) is 0.524. The van der Waals surface area contributed by atoms with Gasteiger partial charge in [-0.25, -0.2) is 4.85 Å². The first-order chi connectivity index (χ1) is 12.6. The van der Waals surface area contributed by atoms with Gasteiger partial charge in [-0.05, 0) is 19.1 Å². The molecule has 2 atom stereocenters. The van der Waals surface area contributed by atoms with Crippen molar-refractivity contribution in [2.45, 2.75) is 43.2 Å². The van der Waals surface area contributed by atoms with E-state index in [1.165, 1.54) is 0 Å². The summed E-state index contributed by atoms with van der Waals surface area (Å²) in [5, 5.41) is 8.02. The van der Waals surface area contributed by atoms with E-state index in [0.29, 0.717) is 6.07 Å². The average Bonchev–Trinajstić information content (AvgIpc) is 2.97. The van der Waals surface area contributed by atoms with Crippen LogP contribution in [0.3, 0.4) is 0 Å². The Morgan fingerprint density at radius 3 is 2.32 bits per heavy atom. The van der Waals surface area contributed by atoms with E-state index in [2.05, 4.69) is 15.1 Å². The highest BCUT2D eigenvalue weighted by Crippen LogP contribution is 2.45. The van der Waals surface area contributed by atoms with Gasteiger partial charge in [-0.2, -0.15) is 45.4 Å². The molecule has 0 bridgehead atoms. The largest absolute Gasteiger partial charge is 0.455 e. The lowest BCUT2D eigenvalue weighted by atomic mass is 9.91. The lowest BCUT2D eigenvalue weighted by Crippen LogP contribution is -2.48. The topological polar surface area (TPSA) is 58.2 Å². The minimum absolute atomic E-state index is 0.438. The molecule has 13 heteroatoms. The summed E-state index contributed by atoms with van der Waals surface area (Å²) >= 11 is 0. The molecule has 1 N–H and O–H groups in total. The van der Waals surface area contributed by atoms with Crippen molar-refractivity contribution in [3.8, 4) is 0 Å². The minimum atomic E-state index is -5.91. The van der Waals surface area contributed by atoms with Crippen LogP contribution < -0.4 is 5.32 Å². The van der Waals surface area contributed by atoms with Crippen molar-refractivity contribution in [3.05, 3.63) is 35.2 Å². The van der Waals surface area contributed by atoms with E-state index in [1.54, 1.807) is 0 Å². The smallest absolute Gasteiger partial charge is 0.324 e. The van der Waals surface area contributed by atoms with Gasteiger partial charge in [0.15, 0.2) is 11.2 Å². The van der Waals surface area contributed by atoms with Crippen molar-refractivity contribution in [2.75, 3.05) is 5.32 Å². The Bertz CT molecular complexity index is 855. The molecule has 1 heterocycles. The number of amides is 1. The highest BCUT2D eigenvalue weighted by Gasteiger charge is 2.65. The molecule has 1 aliphatic heterocycles. The van der Waals surface area contributed by atoms with Gasteiger partial charge in [0.25, 0.3) is 5.91 Å². The van der Waals surface area contributed by atoms with Crippen molar-refractivity contribution in [2.24, 2.45) is 10.2 Å². The van der Waals surface area contributed by atoms with E-state index in [4.69, 9.17) is 6.57 Å². The van der Waals surface area contributed by atoms with Crippen molar-refractivity contribution in [1.29, 1.82) is 0 Å². The van der Waals surface area contributed by atoms with Crippen LogP contribution in [0.1, 0.15) is 18.9 Å². The lowest BCUT2D eigenvalue weighted by Gasteiger charge is -2.25. The fraction of sp³-hybridized carbons (Fsp3) is 0.467. The number of azo groups is 1. The second kappa shape index (κ2) is 6.68. The molecular weight excluding hydrogens is 404 g/mol. The number of nitrogens with one attached hydrogen (secondary N) is 1. The Labute approximate surface area is 152 Å². The first-order valence-electron chi connectivity index (χ1n) is 7.38. The second-order valence-electron chi connectivity index (χ2n) is 6.13. The van der Waals surface area contributed by atoms with Crippen LogP contribution in [0.2, 0.25) is 0 Å². The molecule has 152 valence electrons. The van der Waals surface area contributed by atoms with Crippen LogP contribution in [0.5, 0.6) is 0 Å². The number of anilines is 1. The van der Waals surface area contributed by atoms with Gasteiger partial charge < -0.3 is 5.32 Å². The molecule has 0 saturated heterocycles. The molecule has 0 saturated carbocycles. The molecule has 5 nitrogen and oxygen atoms in total. The summed E-state index contributed by atoms with van der Waals surface area (Å²) in [6, 6.07) is -0.455. The number of carbonyl (C=O) groups excluding carboxylic acids is 1. The maximum atomic E-state index is 13.4. The van der Waals surface area contributed by atoms with Crippen molar-refractivity contribution < 1.29 is 39.9 Å². The van der Waals surface area contributed by atoms with E-state index in [0.717, 1.165) is 19.1 Å². The average molecular weight is 414 g/mol. The summed E-state index contributed by atoms with van der Waals surface area (Å²) in [4.78, 5) is 14.9. The Morgan fingerprint density at radius 1 is 1.21 bits per heavy atom. The van der Waals surface area contributed by atoms with E-state index in [1.807, 2.05) is 5.32 Å². The second-order valence-corrected chi connectivity index (χ2v) is 6.13. The zero-order valence-electron chi connectivity index (χ0n) is 13.8. The van der Waals surface area contributed by atoms with Gasteiger partial charge in [-0.15, -0.1) is 0 Å². The number of benzene rings is 1. The van der Waals surface area contributed by atoms with Gasteiger partial charge in [-0.3, -0.25) is 4.79 Å². The van der Waals surface area contributed by atoms with E-state index in [9.17, 15) is 39.9 Å². The number of rotatable bonds is 3. The molecule has 28 heavy (non-hydrogen) atoms. The fourth-order valence-electron chi connectivity index (χ4n) is 2.39. The molecule has 0 aromatic heterocycles. The third kappa shape index (κ3) is 3.90. The highest BCUT2D eigenvalue weighted by molar-refractivity contribution is 5.98. The molecule has 1 aromatic carbocycles. The molecule has 0 radical (unpaired) electrons. The molecule has 0 fully saturated rings. The molecular formula is C15H10F8N4O. The van der Waals surface area contributed by atoms with Crippen LogP contribution in [0.25, 0.3) is 4.85 Å². The summed E-state index contributed by atoms with van der Waals surface area (Å²) < 4.78 is 103. The van der Waals surface area contributed by atoms with Gasteiger partial charge in [0, 0.05) is 12.1 Å². The highest BCUT2D eigenvalue weighted by atomic mass is 19.4. The predicted octanol–water partition coefficient (Wildman–Crippen LogP) is 5.38. The lowest BCUT2D eigenvalue weighted by molar-refractivity contribution is -0.289. The maximum absolute atomic E-state index is 13.4. The summed E-state index contributed by atoms with van der Waals surface area (Å²) in [6.07, 6.45) is -11.9. The molecule has 0 spiro atoms. The van der Waals surface area contributed by atoms with Gasteiger partial charge in [0.05, 0.1) is 12.1 Å². The Kier molecular flexibility index (Phi) is 5.13. The SMILES string of the molecule is [C-]#[N+]c1ccc(NC(=O)C2(C)CC(C(F)(F)C(F)(F)F)N=N2)cc1C(F)(F)F. The number of carbonyl (C=O) groups is 1. The van der Waals surface area contributed by atoms with Crippen LogP contribution in [-0.2, 0) is 11.0 Å². The normalized spacial score (nSPS) is 22.8. The Hall–Kier alpha value is -2.78. The Balaban J connectivity index is 2.23. The van der Waals surface area contributed by atoms with Crippen molar-refractivity contribution >= 4 is 17.3 Å². The van der Waals surface area contributed by atoms with Gasteiger partial charge >= 0.3 is 18.3 Å². The van der Waals surface area contributed by atoms with E-state index < -0.39 is 59.1 Å². The van der Waals surface area contributed by atoms with Crippen LogP contribution in [-0.4, -0.2) is 29.6 Å². The van der Waals surface area contributed by atoms with Crippen LogP contribution in [0.15, 0.2) is 28.4 Å². The van der Waals surface area contributed by atoms with Gasteiger partial charge in [0.1, 0.15) is 6.04 Å². The van der Waals surface area contributed by atoms with Crippen LogP contribution >= 0.6 is 0 Å². The molecule has 0 aliphatic carbocycles. The maximum Gasteiger partial charge on any atom is 0.455 e. The summed E-state index contributed by atoms with van der Waals surface area (Å²) in [6.45, 7) is 7.65. The monoisotopic (exact) mass is 414 g/mol. The van der Waals surface area contributed by atoms with Gasteiger partial charge in [-0.1, -0.05) is 6.07 Å². The van der Waals surface area contributed by atoms with Crippen LogP contribution in [0.4, 0.5) is 46.5 Å². The van der Waals surface area contributed by atoms with E-state index in [-0.39, 0.29) is 0 Å². The summed E-state index contributed by atoms with van der Waals surface area (Å²) in [7, 11) is 0.